The van der Waals surface area contributed by atoms with Crippen LogP contribution in [0.15, 0.2) is 83.0 Å². The van der Waals surface area contributed by atoms with Gasteiger partial charge in [0.15, 0.2) is 0 Å². The summed E-state index contributed by atoms with van der Waals surface area (Å²) in [6.45, 7) is 0. The van der Waals surface area contributed by atoms with E-state index in [2.05, 4.69) is 60.7 Å². The van der Waals surface area contributed by atoms with Gasteiger partial charge in [0, 0.05) is 29.2 Å². The first kappa shape index (κ1) is 21.1. The quantitative estimate of drug-likeness (QED) is 0.425. The van der Waals surface area contributed by atoms with E-state index < -0.39 is 0 Å². The number of carbonyl (C=O) groups is 1. The first-order valence-electron chi connectivity index (χ1n) is 12.4. The van der Waals surface area contributed by atoms with Gasteiger partial charge in [-0.2, -0.15) is 0 Å². The fourth-order valence-electron chi connectivity index (χ4n) is 5.79. The van der Waals surface area contributed by atoms with Gasteiger partial charge in [0.25, 0.3) is 0 Å². The van der Waals surface area contributed by atoms with Crippen LogP contribution in [0, 0.1) is 11.8 Å². The number of fused-ring (bicyclic) bond motifs is 1. The fraction of sp³-hybridized carbons (Fsp3) is 0.400. The van der Waals surface area contributed by atoms with E-state index in [0.29, 0.717) is 24.0 Å². The summed E-state index contributed by atoms with van der Waals surface area (Å²) in [5.74, 6) is 1.51. The van der Waals surface area contributed by atoms with E-state index in [9.17, 15) is 4.79 Å². The first-order valence-corrected chi connectivity index (χ1v) is 12.4. The molecular weight excluding hydrogens is 390 g/mol. The van der Waals surface area contributed by atoms with E-state index >= 15 is 0 Å². The van der Waals surface area contributed by atoms with Crippen LogP contribution in [0.25, 0.3) is 10.8 Å². The highest BCUT2D eigenvalue weighted by atomic mass is 16.1. The average Bonchev–Trinajstić information content (AvgIpc) is 3.03. The number of hydrogen-bond donors (Lipinski definition) is 0. The van der Waals surface area contributed by atoms with Gasteiger partial charge in [0.05, 0.1) is 5.71 Å². The molecule has 0 bridgehead atoms. The molecule has 5 rings (SSSR count). The van der Waals surface area contributed by atoms with Crippen molar-refractivity contribution in [2.45, 2.75) is 64.2 Å². The van der Waals surface area contributed by atoms with Crippen molar-refractivity contribution in [1.82, 2.24) is 0 Å². The van der Waals surface area contributed by atoms with Gasteiger partial charge in [-0.15, -0.1) is 0 Å². The summed E-state index contributed by atoms with van der Waals surface area (Å²) in [6.07, 6.45) is 19.1. The maximum Gasteiger partial charge on any atom is 0.133 e. The number of hydrogen-bond acceptors (Lipinski definition) is 2. The summed E-state index contributed by atoms with van der Waals surface area (Å²) in [7, 11) is 0. The number of allylic oxidation sites excluding steroid dienone is 5. The number of Topliss-reactive ketones (excluding diaryl/α,β-unsaturated/α-hetero) is 1. The van der Waals surface area contributed by atoms with Crippen LogP contribution in [0.5, 0.6) is 0 Å². The molecule has 1 heterocycles. The Morgan fingerprint density at radius 2 is 1.84 bits per heavy atom. The molecule has 0 saturated heterocycles. The van der Waals surface area contributed by atoms with Gasteiger partial charge in [-0.3, -0.25) is 9.79 Å². The van der Waals surface area contributed by atoms with E-state index in [1.165, 1.54) is 58.9 Å². The van der Waals surface area contributed by atoms with Gasteiger partial charge < -0.3 is 0 Å². The van der Waals surface area contributed by atoms with Crippen LogP contribution >= 0.6 is 0 Å². The van der Waals surface area contributed by atoms with Crippen molar-refractivity contribution in [2.75, 3.05) is 0 Å². The third-order valence-corrected chi connectivity index (χ3v) is 7.53. The average molecular weight is 430 g/mol. The Hall–Kier alpha value is -2.74. The molecule has 2 unspecified atom stereocenters. The highest BCUT2D eigenvalue weighted by molar-refractivity contribution is 6.06. The predicted octanol–water partition coefficient (Wildman–Crippen LogP) is 8.28. The number of ketones is 1. The van der Waals surface area contributed by atoms with Crippen LogP contribution in [0.3, 0.4) is 0 Å². The molecule has 32 heavy (non-hydrogen) atoms. The zero-order valence-electron chi connectivity index (χ0n) is 18.9. The van der Waals surface area contributed by atoms with Crippen LogP contribution in [-0.2, 0) is 11.2 Å². The molecule has 1 fully saturated rings. The van der Waals surface area contributed by atoms with Gasteiger partial charge in [-0.05, 0) is 66.4 Å². The topological polar surface area (TPSA) is 29.4 Å². The second kappa shape index (κ2) is 9.81. The zero-order valence-corrected chi connectivity index (χ0v) is 18.9. The molecule has 2 nitrogen and oxygen atoms in total. The number of benzene rings is 2. The summed E-state index contributed by atoms with van der Waals surface area (Å²) in [5.41, 5.74) is 5.54. The number of rotatable bonds is 6. The number of aryl methyl sites for hydroxylation is 1. The molecule has 3 aliphatic rings. The molecule has 2 aromatic carbocycles. The lowest BCUT2D eigenvalue weighted by Gasteiger charge is -2.18. The summed E-state index contributed by atoms with van der Waals surface area (Å²) in [5, 5.41) is 2.55. The molecule has 2 aromatic rings. The zero-order chi connectivity index (χ0) is 21.8. The van der Waals surface area contributed by atoms with Crippen LogP contribution in [0.2, 0.25) is 0 Å². The molecule has 2 heteroatoms. The van der Waals surface area contributed by atoms with E-state index in [1.807, 2.05) is 6.20 Å². The minimum absolute atomic E-state index is 0. The number of aliphatic imine (C=N–C) groups is 1. The maximum atomic E-state index is 12.9. The molecule has 0 N–H and O–H groups in total. The molecule has 0 aromatic heterocycles. The van der Waals surface area contributed by atoms with Gasteiger partial charge in [0.1, 0.15) is 5.78 Å². The summed E-state index contributed by atoms with van der Waals surface area (Å²) in [6, 6.07) is 14.9. The minimum Gasteiger partial charge on any atom is -0.300 e. The smallest absolute Gasteiger partial charge is 0.133 e. The molecule has 1 aliphatic heterocycles. The van der Waals surface area contributed by atoms with Crippen LogP contribution < -0.4 is 0 Å². The fourth-order valence-corrected chi connectivity index (χ4v) is 5.79. The van der Waals surface area contributed by atoms with E-state index in [4.69, 9.17) is 4.99 Å². The summed E-state index contributed by atoms with van der Waals surface area (Å²) >= 11 is 0. The van der Waals surface area contributed by atoms with Crippen LogP contribution in [-0.4, -0.2) is 11.5 Å². The molecule has 0 amide bonds. The molecule has 2 aliphatic carbocycles. The minimum atomic E-state index is 0. The van der Waals surface area contributed by atoms with E-state index in [-0.39, 0.29) is 4.28 Å². The third-order valence-electron chi connectivity index (χ3n) is 7.53. The Bertz CT molecular complexity index is 1130. The Kier molecular flexibility index (Phi) is 6.48. The Balaban J connectivity index is 0.00000144. The largest absolute Gasteiger partial charge is 0.300 e. The molecule has 170 valence electrons. The Labute approximate surface area is 196 Å². The Morgan fingerprint density at radius 3 is 2.81 bits per heavy atom. The number of carbonyl (C=O) groups excluding carboxylic acids is 1. The van der Waals surface area contributed by atoms with Crippen molar-refractivity contribution in [3.63, 3.8) is 0 Å². The highest BCUT2D eigenvalue weighted by Crippen LogP contribution is 2.36. The highest BCUT2D eigenvalue weighted by Gasteiger charge is 2.27. The summed E-state index contributed by atoms with van der Waals surface area (Å²) < 4.78 is 0. The van der Waals surface area contributed by atoms with Gasteiger partial charge >= 0.3 is 0 Å². The van der Waals surface area contributed by atoms with Crippen molar-refractivity contribution in [2.24, 2.45) is 16.8 Å². The predicted molar refractivity (Wildman–Crippen MR) is 140 cm³/mol. The van der Waals surface area contributed by atoms with E-state index in [0.717, 1.165) is 32.1 Å². The monoisotopic (exact) mass is 429 g/mol. The van der Waals surface area contributed by atoms with Crippen molar-refractivity contribution in [3.05, 3.63) is 83.6 Å². The normalized spacial score (nSPS) is 23.1. The second-order valence-electron chi connectivity index (χ2n) is 9.68. The molecule has 2 atom stereocenters. The standard InChI is InChI=1S/C30H33NO.3H2/c32-27(19-18-25-10-4-9-23-8-1-2-14-28(23)25)21-22-7-3-12-26(17-16-22)30-29-15-5-11-24(29)13-6-20-31-30;;;/h1-2,4-6,8-10,14-15,20,22,26H,3,7,11-13,16-19,21H2;3*1H. The SMILES string of the molecule is O=C(CCc1cccc2ccccc12)CC1CCCC(C2=NC=CCC3=C2C=CC3)CC1.[HH].[HH].[HH]. The van der Waals surface area contributed by atoms with Crippen molar-refractivity contribution < 1.29 is 9.07 Å². The molecule has 0 spiro atoms. The van der Waals surface area contributed by atoms with Gasteiger partial charge in [-0.1, -0.05) is 79.1 Å². The van der Waals surface area contributed by atoms with E-state index in [1.54, 1.807) is 0 Å². The van der Waals surface area contributed by atoms with Crippen molar-refractivity contribution in [3.8, 4) is 0 Å². The lowest BCUT2D eigenvalue weighted by atomic mass is 9.87. The molecular formula is C30H39NO. The molecule has 0 radical (unpaired) electrons. The third kappa shape index (κ3) is 4.70. The van der Waals surface area contributed by atoms with Crippen LogP contribution in [0.1, 0.15) is 67.6 Å². The van der Waals surface area contributed by atoms with Crippen molar-refractivity contribution in [1.29, 1.82) is 0 Å². The van der Waals surface area contributed by atoms with Crippen molar-refractivity contribution >= 4 is 22.3 Å². The summed E-state index contributed by atoms with van der Waals surface area (Å²) in [4.78, 5) is 17.7. The van der Waals surface area contributed by atoms with Gasteiger partial charge in [0.2, 0.25) is 0 Å². The number of nitrogens with zero attached hydrogens (tertiary/aromatic N) is 1. The Morgan fingerprint density at radius 1 is 0.969 bits per heavy atom. The lowest BCUT2D eigenvalue weighted by molar-refractivity contribution is -0.120. The maximum absolute atomic E-state index is 12.9. The van der Waals surface area contributed by atoms with Gasteiger partial charge in [-0.25, -0.2) is 0 Å². The lowest BCUT2D eigenvalue weighted by Crippen LogP contribution is -2.16. The van der Waals surface area contributed by atoms with Crippen LogP contribution in [0.4, 0.5) is 0 Å². The second-order valence-corrected chi connectivity index (χ2v) is 9.68. The first-order chi connectivity index (χ1) is 15.8. The molecule has 1 saturated carbocycles.